The van der Waals surface area contributed by atoms with Crippen LogP contribution in [-0.2, 0) is 17.7 Å². The van der Waals surface area contributed by atoms with Crippen molar-refractivity contribution in [1.29, 1.82) is 0 Å². The first kappa shape index (κ1) is 19.4. The summed E-state index contributed by atoms with van der Waals surface area (Å²) in [5.74, 6) is 0.211. The van der Waals surface area contributed by atoms with Crippen molar-refractivity contribution in [3.63, 3.8) is 0 Å². The Kier molecular flexibility index (Phi) is 5.24. The minimum Gasteiger partial charge on any atom is -0.442 e. The molecule has 3 aromatic rings. The maximum absolute atomic E-state index is 13.5. The quantitative estimate of drug-likeness (QED) is 0.620. The van der Waals surface area contributed by atoms with E-state index in [4.69, 9.17) is 9.15 Å². The van der Waals surface area contributed by atoms with Gasteiger partial charge >= 0.3 is 0 Å². The summed E-state index contributed by atoms with van der Waals surface area (Å²) in [6.45, 7) is 5.39. The van der Waals surface area contributed by atoms with Crippen molar-refractivity contribution in [2.45, 2.75) is 39.7 Å². The van der Waals surface area contributed by atoms with Crippen LogP contribution in [0.5, 0.6) is 0 Å². The summed E-state index contributed by atoms with van der Waals surface area (Å²) in [5, 5.41) is 0.256. The molecule has 152 valence electrons. The van der Waals surface area contributed by atoms with E-state index in [2.05, 4.69) is 11.1 Å². The van der Waals surface area contributed by atoms with Gasteiger partial charge in [-0.1, -0.05) is 17.7 Å². The Bertz CT molecular complexity index is 1130. The highest BCUT2D eigenvalue weighted by Gasteiger charge is 2.30. The number of hydrogen-bond donors (Lipinski definition) is 0. The van der Waals surface area contributed by atoms with E-state index in [1.165, 1.54) is 16.5 Å². The summed E-state index contributed by atoms with van der Waals surface area (Å²) in [5.41, 5.74) is 3.50. The fraction of sp³-hybridized carbons (Fsp3) is 0.409. The van der Waals surface area contributed by atoms with Gasteiger partial charge in [-0.05, 0) is 44.7 Å². The van der Waals surface area contributed by atoms with Crippen LogP contribution < -0.4 is 10.5 Å². The zero-order valence-electron chi connectivity index (χ0n) is 17.0. The lowest BCUT2D eigenvalue weighted by molar-refractivity contribution is 0.0985. The van der Waals surface area contributed by atoms with Crippen molar-refractivity contribution in [2.24, 2.45) is 0 Å². The Balaban J connectivity index is 1.78. The van der Waals surface area contributed by atoms with Crippen molar-refractivity contribution >= 4 is 22.7 Å². The molecule has 0 unspecified atom stereocenters. The van der Waals surface area contributed by atoms with Gasteiger partial charge in [0.15, 0.2) is 0 Å². The van der Waals surface area contributed by atoms with Gasteiger partial charge in [-0.15, -0.1) is 0 Å². The van der Waals surface area contributed by atoms with Gasteiger partial charge in [0.25, 0.3) is 11.5 Å². The predicted octanol–water partition coefficient (Wildman–Crippen LogP) is 3.24. The Hall–Kier alpha value is -2.93. The number of carbonyl (C=O) groups is 1. The third kappa shape index (κ3) is 3.46. The molecule has 0 bridgehead atoms. The summed E-state index contributed by atoms with van der Waals surface area (Å²) in [7, 11) is 1.62. The van der Waals surface area contributed by atoms with Crippen molar-refractivity contribution in [2.75, 3.05) is 25.2 Å². The van der Waals surface area contributed by atoms with Crippen molar-refractivity contribution in [3.8, 4) is 0 Å². The number of carbonyl (C=O) groups excluding carboxylic acids is 1. The maximum atomic E-state index is 13.5. The number of ether oxygens (including phenoxy) is 1. The molecule has 2 aromatic heterocycles. The first-order valence-electron chi connectivity index (χ1n) is 9.90. The molecule has 1 aliphatic heterocycles. The zero-order valence-corrected chi connectivity index (χ0v) is 17.0. The number of methoxy groups -OCH3 is 1. The Labute approximate surface area is 168 Å². The van der Waals surface area contributed by atoms with E-state index in [0.29, 0.717) is 37.4 Å². The monoisotopic (exact) mass is 395 g/mol. The molecule has 0 radical (unpaired) electrons. The molecule has 7 nitrogen and oxygen atoms in total. The van der Waals surface area contributed by atoms with E-state index in [1.807, 2.05) is 19.1 Å². The lowest BCUT2D eigenvalue weighted by atomic mass is 9.98. The molecule has 3 heterocycles. The third-order valence-corrected chi connectivity index (χ3v) is 5.41. The van der Waals surface area contributed by atoms with E-state index < -0.39 is 0 Å². The van der Waals surface area contributed by atoms with E-state index in [0.717, 1.165) is 24.1 Å². The van der Waals surface area contributed by atoms with Crippen molar-refractivity contribution in [3.05, 3.63) is 57.3 Å². The average molecular weight is 395 g/mol. The molecule has 0 aliphatic carbocycles. The van der Waals surface area contributed by atoms with Crippen LogP contribution in [0.3, 0.4) is 0 Å². The Morgan fingerprint density at radius 1 is 1.31 bits per heavy atom. The number of fused-ring (bicyclic) bond motifs is 2. The molecule has 7 heteroatoms. The fourth-order valence-corrected chi connectivity index (χ4v) is 4.01. The maximum Gasteiger partial charge on any atom is 0.265 e. The normalized spacial score (nSPS) is 13.7. The number of nitrogens with zero attached hydrogens (tertiary/aromatic N) is 3. The van der Waals surface area contributed by atoms with Gasteiger partial charge < -0.3 is 14.1 Å². The highest BCUT2D eigenvalue weighted by atomic mass is 16.5. The Morgan fingerprint density at radius 3 is 2.93 bits per heavy atom. The second-order valence-corrected chi connectivity index (χ2v) is 7.50. The van der Waals surface area contributed by atoms with Crippen LogP contribution in [0.25, 0.3) is 11.1 Å². The van der Waals surface area contributed by atoms with Crippen LogP contribution in [0.15, 0.2) is 33.7 Å². The molecule has 0 saturated carbocycles. The number of rotatable bonds is 5. The minimum absolute atomic E-state index is 0.208. The number of aryl methyl sites for hydroxylation is 4. The molecule has 1 aliphatic rings. The van der Waals surface area contributed by atoms with E-state index in [1.54, 1.807) is 18.9 Å². The molecule has 29 heavy (non-hydrogen) atoms. The molecule has 0 N–H and O–H groups in total. The standard InChI is InChI=1S/C22H25N3O4/c1-14-7-8-17-16(12-14)6-4-10-25(17)22(27)18-15(2)29-20-19(18)21(26)24(13-23-20)9-5-11-28-3/h7-8,12-13H,4-6,9-11H2,1-3H3. The predicted molar refractivity (Wildman–Crippen MR) is 111 cm³/mol. The number of amides is 1. The van der Waals surface area contributed by atoms with Crippen LogP contribution in [0.4, 0.5) is 5.69 Å². The van der Waals surface area contributed by atoms with Gasteiger partial charge in [-0.25, -0.2) is 4.98 Å². The average Bonchev–Trinajstić information content (AvgIpc) is 3.05. The fourth-order valence-electron chi connectivity index (χ4n) is 4.01. The van der Waals surface area contributed by atoms with E-state index in [9.17, 15) is 9.59 Å². The number of anilines is 1. The molecule has 0 spiro atoms. The number of furan rings is 1. The van der Waals surface area contributed by atoms with Gasteiger partial charge in [-0.3, -0.25) is 14.2 Å². The largest absolute Gasteiger partial charge is 0.442 e. The lowest BCUT2D eigenvalue weighted by Crippen LogP contribution is -2.36. The van der Waals surface area contributed by atoms with Gasteiger partial charge in [-0.2, -0.15) is 0 Å². The summed E-state index contributed by atoms with van der Waals surface area (Å²) >= 11 is 0. The summed E-state index contributed by atoms with van der Waals surface area (Å²) < 4.78 is 12.3. The first-order chi connectivity index (χ1) is 14.0. The first-order valence-corrected chi connectivity index (χ1v) is 9.90. The van der Waals surface area contributed by atoms with E-state index in [-0.39, 0.29) is 22.6 Å². The molecule has 0 atom stereocenters. The van der Waals surface area contributed by atoms with Crippen LogP contribution >= 0.6 is 0 Å². The SMILES string of the molecule is COCCCn1cnc2oc(C)c(C(=O)N3CCCc4cc(C)ccc43)c2c1=O. The van der Waals surface area contributed by atoms with Crippen LogP contribution in [0, 0.1) is 13.8 Å². The highest BCUT2D eigenvalue weighted by molar-refractivity contribution is 6.14. The smallest absolute Gasteiger partial charge is 0.265 e. The highest BCUT2D eigenvalue weighted by Crippen LogP contribution is 2.31. The van der Waals surface area contributed by atoms with Crippen LogP contribution in [-0.4, -0.2) is 35.7 Å². The van der Waals surface area contributed by atoms with Gasteiger partial charge in [0, 0.05) is 32.5 Å². The summed E-state index contributed by atoms with van der Waals surface area (Å²) in [6, 6.07) is 6.12. The molecular formula is C22H25N3O4. The summed E-state index contributed by atoms with van der Waals surface area (Å²) in [4.78, 5) is 32.7. The number of benzene rings is 1. The third-order valence-electron chi connectivity index (χ3n) is 5.41. The van der Waals surface area contributed by atoms with Crippen molar-refractivity contribution < 1.29 is 13.9 Å². The number of hydrogen-bond acceptors (Lipinski definition) is 5. The molecule has 1 aromatic carbocycles. The minimum atomic E-state index is -0.257. The number of aromatic nitrogens is 2. The molecule has 4 rings (SSSR count). The second kappa shape index (κ2) is 7.83. The molecule has 1 amide bonds. The summed E-state index contributed by atoms with van der Waals surface area (Å²) in [6.07, 6.45) is 3.98. The van der Waals surface area contributed by atoms with Gasteiger partial charge in [0.1, 0.15) is 17.5 Å². The molecular weight excluding hydrogens is 370 g/mol. The van der Waals surface area contributed by atoms with Crippen LogP contribution in [0.2, 0.25) is 0 Å². The van der Waals surface area contributed by atoms with E-state index >= 15 is 0 Å². The molecule has 0 saturated heterocycles. The van der Waals surface area contributed by atoms with Gasteiger partial charge in [0.2, 0.25) is 5.71 Å². The second-order valence-electron chi connectivity index (χ2n) is 7.50. The van der Waals surface area contributed by atoms with Gasteiger partial charge in [0.05, 0.1) is 5.56 Å². The Morgan fingerprint density at radius 2 is 2.14 bits per heavy atom. The van der Waals surface area contributed by atoms with Crippen LogP contribution in [0.1, 0.15) is 40.1 Å². The van der Waals surface area contributed by atoms with Crippen molar-refractivity contribution in [1.82, 2.24) is 9.55 Å². The topological polar surface area (TPSA) is 77.6 Å². The zero-order chi connectivity index (χ0) is 20.5. The molecule has 0 fully saturated rings. The lowest BCUT2D eigenvalue weighted by Gasteiger charge is -2.29.